The molecule has 0 radical (unpaired) electrons. The molecule has 9 heteroatoms. The van der Waals surface area contributed by atoms with Crippen LogP contribution in [-0.4, -0.2) is 49.2 Å². The highest BCUT2D eigenvalue weighted by Crippen LogP contribution is 2.48. The van der Waals surface area contributed by atoms with Crippen LogP contribution in [0.3, 0.4) is 0 Å². The van der Waals surface area contributed by atoms with E-state index in [0.29, 0.717) is 0 Å². The van der Waals surface area contributed by atoms with Crippen molar-refractivity contribution in [3.8, 4) is 5.75 Å². The maximum Gasteiger partial charge on any atom is 0.416 e. The summed E-state index contributed by atoms with van der Waals surface area (Å²) in [7, 11) is 2.82. The Kier molecular flexibility index (Phi) is 6.39. The van der Waals surface area contributed by atoms with E-state index in [1.165, 1.54) is 20.3 Å². The molecule has 1 aliphatic rings. The third kappa shape index (κ3) is 4.91. The molecule has 1 aromatic rings. The third-order valence-electron chi connectivity index (χ3n) is 4.55. The van der Waals surface area contributed by atoms with Crippen molar-refractivity contribution in [3.05, 3.63) is 29.3 Å². The van der Waals surface area contributed by atoms with Gasteiger partial charge in [-0.25, -0.2) is 0 Å². The van der Waals surface area contributed by atoms with Crippen LogP contribution in [0.4, 0.5) is 13.2 Å². The molecule has 6 nitrogen and oxygen atoms in total. The summed E-state index contributed by atoms with van der Waals surface area (Å²) in [5.74, 6) is -1.12. The maximum absolute atomic E-state index is 13.1. The molecule has 0 aromatic heterocycles. The normalized spacial score (nSPS) is 21.4. The largest absolute Gasteiger partial charge is 0.482 e. The fourth-order valence-electron chi connectivity index (χ4n) is 3.55. The Labute approximate surface area is 154 Å². The van der Waals surface area contributed by atoms with E-state index >= 15 is 0 Å². The number of carboxylic acids is 1. The standard InChI is InChI=1S/C18H23F3O6/c1-25-10-16(11-26-2)9-17(24,7-3-4-15(22)23)13-6-5-12(18(19,20)21)8-14(13)27-16/h5-6,8,24H,3-4,7,9-11H2,1-2H3,(H,22,23). The number of halogens is 3. The van der Waals surface area contributed by atoms with Crippen molar-refractivity contribution in [1.29, 1.82) is 0 Å². The van der Waals surface area contributed by atoms with Gasteiger partial charge in [-0.1, -0.05) is 6.07 Å². The highest BCUT2D eigenvalue weighted by molar-refractivity contribution is 5.66. The zero-order valence-electron chi connectivity index (χ0n) is 15.1. The van der Waals surface area contributed by atoms with Crippen molar-refractivity contribution in [1.82, 2.24) is 0 Å². The van der Waals surface area contributed by atoms with E-state index < -0.39 is 28.9 Å². The smallest absolute Gasteiger partial charge is 0.416 e. The van der Waals surface area contributed by atoms with Gasteiger partial charge in [-0.3, -0.25) is 4.79 Å². The van der Waals surface area contributed by atoms with Gasteiger partial charge in [0.2, 0.25) is 0 Å². The van der Waals surface area contributed by atoms with Crippen molar-refractivity contribution >= 4 is 5.97 Å². The number of ether oxygens (including phenoxy) is 3. The number of benzene rings is 1. The number of aliphatic hydroxyl groups is 1. The summed E-state index contributed by atoms with van der Waals surface area (Å²) in [5, 5.41) is 20.1. The fraction of sp³-hybridized carbons (Fsp3) is 0.611. The van der Waals surface area contributed by atoms with Gasteiger partial charge in [-0.15, -0.1) is 0 Å². The number of hydrogen-bond donors (Lipinski definition) is 2. The first kappa shape index (κ1) is 21.5. The van der Waals surface area contributed by atoms with Crippen LogP contribution >= 0.6 is 0 Å². The van der Waals surface area contributed by atoms with E-state index in [2.05, 4.69) is 0 Å². The molecule has 1 aliphatic heterocycles. The quantitative estimate of drug-likeness (QED) is 0.708. The molecule has 1 atom stereocenters. The Morgan fingerprint density at radius 3 is 2.41 bits per heavy atom. The summed E-state index contributed by atoms with van der Waals surface area (Å²) in [6.07, 6.45) is -4.53. The highest BCUT2D eigenvalue weighted by atomic mass is 19.4. The van der Waals surface area contributed by atoms with Crippen LogP contribution in [0.15, 0.2) is 18.2 Å². The second-order valence-electron chi connectivity index (χ2n) is 6.82. The molecule has 1 heterocycles. The molecule has 0 fully saturated rings. The lowest BCUT2D eigenvalue weighted by Gasteiger charge is -2.46. The summed E-state index contributed by atoms with van der Waals surface area (Å²) in [6.45, 7) is -0.0322. The number of alkyl halides is 3. The molecule has 1 unspecified atom stereocenters. The van der Waals surface area contributed by atoms with E-state index in [4.69, 9.17) is 19.3 Å². The number of aliphatic carboxylic acids is 1. The van der Waals surface area contributed by atoms with Gasteiger partial charge in [-0.2, -0.15) is 13.2 Å². The summed E-state index contributed by atoms with van der Waals surface area (Å²) in [5.41, 5.74) is -3.47. The number of rotatable bonds is 8. The first-order chi connectivity index (χ1) is 12.6. The maximum atomic E-state index is 13.1. The van der Waals surface area contributed by atoms with Gasteiger partial charge in [0.15, 0.2) is 5.60 Å². The first-order valence-electron chi connectivity index (χ1n) is 8.38. The van der Waals surface area contributed by atoms with Crippen molar-refractivity contribution in [3.63, 3.8) is 0 Å². The van der Waals surface area contributed by atoms with Crippen molar-refractivity contribution in [2.45, 2.75) is 43.1 Å². The van der Waals surface area contributed by atoms with E-state index in [1.807, 2.05) is 0 Å². The molecule has 27 heavy (non-hydrogen) atoms. The number of carbonyl (C=O) groups is 1. The van der Waals surface area contributed by atoms with Gasteiger partial charge >= 0.3 is 12.1 Å². The molecule has 1 aromatic carbocycles. The molecular formula is C18H23F3O6. The summed E-state index contributed by atoms with van der Waals surface area (Å²) < 4.78 is 55.4. The van der Waals surface area contributed by atoms with Crippen LogP contribution in [0, 0.1) is 0 Å². The van der Waals surface area contributed by atoms with E-state index in [1.54, 1.807) is 0 Å². The van der Waals surface area contributed by atoms with Crippen LogP contribution in [0.5, 0.6) is 5.75 Å². The lowest BCUT2D eigenvalue weighted by Crippen LogP contribution is -2.54. The summed E-state index contributed by atoms with van der Waals surface area (Å²) in [4.78, 5) is 10.8. The summed E-state index contributed by atoms with van der Waals surface area (Å²) in [6, 6.07) is 2.91. The zero-order valence-corrected chi connectivity index (χ0v) is 15.1. The third-order valence-corrected chi connectivity index (χ3v) is 4.55. The van der Waals surface area contributed by atoms with E-state index in [9.17, 15) is 23.1 Å². The second-order valence-corrected chi connectivity index (χ2v) is 6.82. The minimum Gasteiger partial charge on any atom is -0.482 e. The van der Waals surface area contributed by atoms with Gasteiger partial charge in [0.1, 0.15) is 5.75 Å². The number of carboxylic acid groups (broad SMARTS) is 1. The Morgan fingerprint density at radius 1 is 1.26 bits per heavy atom. The molecule has 2 N–H and O–H groups in total. The van der Waals surface area contributed by atoms with Gasteiger partial charge in [-0.05, 0) is 25.0 Å². The SMILES string of the molecule is COCC1(COC)CC(O)(CCCC(=O)O)c2ccc(C(F)(F)F)cc2O1. The molecule has 0 saturated heterocycles. The van der Waals surface area contributed by atoms with Crippen LogP contribution in [0.25, 0.3) is 0 Å². The Hall–Kier alpha value is -1.84. The molecule has 2 rings (SSSR count). The van der Waals surface area contributed by atoms with Crippen LogP contribution < -0.4 is 4.74 Å². The van der Waals surface area contributed by atoms with Crippen LogP contribution in [0.1, 0.15) is 36.8 Å². The average Bonchev–Trinajstić information content (AvgIpc) is 2.53. The van der Waals surface area contributed by atoms with Crippen molar-refractivity contribution < 1.29 is 42.4 Å². The second kappa shape index (κ2) is 8.04. The van der Waals surface area contributed by atoms with Gasteiger partial charge in [0, 0.05) is 32.6 Å². The van der Waals surface area contributed by atoms with E-state index in [-0.39, 0.29) is 50.2 Å². The minimum atomic E-state index is -4.57. The molecule has 0 bridgehead atoms. The highest BCUT2D eigenvalue weighted by Gasteiger charge is 2.49. The molecular weight excluding hydrogens is 369 g/mol. The summed E-state index contributed by atoms with van der Waals surface area (Å²) >= 11 is 0. The van der Waals surface area contributed by atoms with Gasteiger partial charge in [0.05, 0.1) is 24.4 Å². The Morgan fingerprint density at radius 2 is 1.89 bits per heavy atom. The monoisotopic (exact) mass is 392 g/mol. The molecule has 152 valence electrons. The predicted molar refractivity (Wildman–Crippen MR) is 88.6 cm³/mol. The molecule has 0 spiro atoms. The topological polar surface area (TPSA) is 85.2 Å². The zero-order chi connectivity index (χ0) is 20.3. The lowest BCUT2D eigenvalue weighted by atomic mass is 9.76. The van der Waals surface area contributed by atoms with Crippen molar-refractivity contribution in [2.24, 2.45) is 0 Å². The van der Waals surface area contributed by atoms with Gasteiger partial charge in [0.25, 0.3) is 0 Å². The van der Waals surface area contributed by atoms with Crippen LogP contribution in [0.2, 0.25) is 0 Å². The number of hydrogen-bond acceptors (Lipinski definition) is 5. The Balaban J connectivity index is 2.48. The number of fused-ring (bicyclic) bond motifs is 1. The molecule has 0 saturated carbocycles. The van der Waals surface area contributed by atoms with Gasteiger partial charge < -0.3 is 24.4 Å². The minimum absolute atomic E-state index is 0.000334. The fourth-order valence-corrected chi connectivity index (χ4v) is 3.55. The predicted octanol–water partition coefficient (Wildman–Crippen LogP) is 2.96. The molecule has 0 amide bonds. The average molecular weight is 392 g/mol. The lowest BCUT2D eigenvalue weighted by molar-refractivity contribution is -0.144. The number of methoxy groups -OCH3 is 2. The first-order valence-corrected chi connectivity index (χ1v) is 8.38. The molecule has 0 aliphatic carbocycles. The Bertz CT molecular complexity index is 670. The van der Waals surface area contributed by atoms with Crippen LogP contribution in [-0.2, 0) is 26.0 Å². The van der Waals surface area contributed by atoms with E-state index in [0.717, 1.165) is 12.1 Å². The van der Waals surface area contributed by atoms with Crippen molar-refractivity contribution in [2.75, 3.05) is 27.4 Å².